The molecule has 2 aliphatic rings. The summed E-state index contributed by atoms with van der Waals surface area (Å²) in [7, 11) is 0. The van der Waals surface area contributed by atoms with Gasteiger partial charge in [-0.3, -0.25) is 9.69 Å². The molecule has 3 aromatic carbocycles. The van der Waals surface area contributed by atoms with Crippen molar-refractivity contribution in [2.24, 2.45) is 11.8 Å². The Hall–Kier alpha value is -2.97. The van der Waals surface area contributed by atoms with Crippen LogP contribution in [0.15, 0.2) is 103 Å². The van der Waals surface area contributed by atoms with Crippen LogP contribution in [0.4, 0.5) is 0 Å². The minimum absolute atomic E-state index is 0.0316. The number of ketones is 1. The van der Waals surface area contributed by atoms with E-state index in [1.807, 2.05) is 6.08 Å². The van der Waals surface area contributed by atoms with E-state index in [0.717, 1.165) is 19.6 Å². The minimum Gasteiger partial charge on any atom is -0.298 e. The molecule has 1 fully saturated rings. The molecule has 2 nitrogen and oxygen atoms in total. The monoisotopic (exact) mass is 379 g/mol. The van der Waals surface area contributed by atoms with Gasteiger partial charge in [-0.15, -0.1) is 0 Å². The molecular weight excluding hydrogens is 354 g/mol. The van der Waals surface area contributed by atoms with Crippen molar-refractivity contribution in [3.63, 3.8) is 0 Å². The lowest BCUT2D eigenvalue weighted by Crippen LogP contribution is -2.44. The van der Waals surface area contributed by atoms with Crippen molar-refractivity contribution in [1.82, 2.24) is 4.90 Å². The first kappa shape index (κ1) is 18.1. The molecule has 0 saturated carbocycles. The third-order valence-electron chi connectivity index (χ3n) is 6.61. The van der Waals surface area contributed by atoms with Crippen LogP contribution in [0.25, 0.3) is 0 Å². The number of benzene rings is 3. The van der Waals surface area contributed by atoms with Crippen LogP contribution in [0, 0.1) is 11.8 Å². The molecular formula is C27H25NO. The Kier molecular flexibility index (Phi) is 4.65. The van der Waals surface area contributed by atoms with Gasteiger partial charge < -0.3 is 0 Å². The summed E-state index contributed by atoms with van der Waals surface area (Å²) in [4.78, 5) is 15.4. The number of nitrogens with zero attached hydrogens (tertiary/aromatic N) is 1. The Bertz CT molecular complexity index is 971. The smallest absolute Gasteiger partial charge is 0.160 e. The Labute approximate surface area is 172 Å². The van der Waals surface area contributed by atoms with Gasteiger partial charge in [-0.1, -0.05) is 97.1 Å². The number of carbonyl (C=O) groups excluding carboxylic acids is 1. The lowest BCUT2D eigenvalue weighted by molar-refractivity contribution is -0.119. The van der Waals surface area contributed by atoms with Crippen LogP contribution in [0.3, 0.4) is 0 Å². The number of fused-ring (bicyclic) bond motifs is 1. The lowest BCUT2D eigenvalue weighted by atomic mass is 9.59. The fraction of sp³-hybridized carbons (Fsp3) is 0.222. The van der Waals surface area contributed by atoms with E-state index >= 15 is 0 Å². The first-order valence-electron chi connectivity index (χ1n) is 10.4. The van der Waals surface area contributed by atoms with E-state index in [2.05, 4.69) is 102 Å². The molecule has 1 aliphatic heterocycles. The van der Waals surface area contributed by atoms with Crippen molar-refractivity contribution in [3.05, 3.63) is 120 Å². The highest BCUT2D eigenvalue weighted by Gasteiger charge is 2.52. The molecule has 144 valence electrons. The van der Waals surface area contributed by atoms with Gasteiger partial charge in [0.25, 0.3) is 0 Å². The van der Waals surface area contributed by atoms with Crippen LogP contribution in [-0.2, 0) is 16.8 Å². The maximum Gasteiger partial charge on any atom is 0.160 e. The maximum absolute atomic E-state index is 12.9. The molecule has 1 aliphatic carbocycles. The fourth-order valence-electron chi connectivity index (χ4n) is 5.28. The van der Waals surface area contributed by atoms with Crippen LogP contribution in [-0.4, -0.2) is 23.8 Å². The molecule has 0 amide bonds. The van der Waals surface area contributed by atoms with Crippen LogP contribution < -0.4 is 0 Å². The van der Waals surface area contributed by atoms with Gasteiger partial charge in [0.2, 0.25) is 0 Å². The van der Waals surface area contributed by atoms with Crippen molar-refractivity contribution >= 4 is 5.78 Å². The molecule has 1 saturated heterocycles. The molecule has 29 heavy (non-hydrogen) atoms. The zero-order valence-electron chi connectivity index (χ0n) is 16.4. The average Bonchev–Trinajstić information content (AvgIpc) is 3.21. The van der Waals surface area contributed by atoms with Crippen molar-refractivity contribution in [1.29, 1.82) is 0 Å². The van der Waals surface area contributed by atoms with E-state index in [9.17, 15) is 4.79 Å². The van der Waals surface area contributed by atoms with Crippen molar-refractivity contribution < 1.29 is 4.79 Å². The highest BCUT2D eigenvalue weighted by Crippen LogP contribution is 2.49. The Morgan fingerprint density at radius 3 is 1.90 bits per heavy atom. The zero-order chi connectivity index (χ0) is 19.7. The van der Waals surface area contributed by atoms with Crippen LogP contribution >= 0.6 is 0 Å². The van der Waals surface area contributed by atoms with Crippen LogP contribution in [0.1, 0.15) is 16.7 Å². The number of likely N-dealkylation sites (tertiary alicyclic amines) is 1. The second-order valence-electron chi connectivity index (χ2n) is 8.23. The molecule has 0 N–H and O–H groups in total. The standard InChI is InChI=1S/C27H25NO/c29-26-16-17-27(22-12-6-2-7-13-22,23-14-8-3-9-15-23)25-20-28(19-24(25)26)18-21-10-4-1-5-11-21/h1-17,24-25H,18-20H2. The molecule has 3 aromatic rings. The van der Waals surface area contributed by atoms with Crippen molar-refractivity contribution in [2.75, 3.05) is 13.1 Å². The topological polar surface area (TPSA) is 20.3 Å². The Balaban J connectivity index is 1.58. The summed E-state index contributed by atoms with van der Waals surface area (Å²) >= 11 is 0. The third kappa shape index (κ3) is 3.14. The van der Waals surface area contributed by atoms with Crippen molar-refractivity contribution in [2.45, 2.75) is 12.0 Å². The largest absolute Gasteiger partial charge is 0.298 e. The fourth-order valence-corrected chi connectivity index (χ4v) is 5.28. The van der Waals surface area contributed by atoms with E-state index in [1.165, 1.54) is 16.7 Å². The lowest BCUT2D eigenvalue weighted by Gasteiger charge is -2.42. The molecule has 0 bridgehead atoms. The van der Waals surface area contributed by atoms with Gasteiger partial charge in [0.05, 0.1) is 0 Å². The summed E-state index contributed by atoms with van der Waals surface area (Å²) in [6.45, 7) is 2.63. The molecule has 2 unspecified atom stereocenters. The average molecular weight is 380 g/mol. The van der Waals surface area contributed by atoms with Crippen molar-refractivity contribution in [3.8, 4) is 0 Å². The quantitative estimate of drug-likeness (QED) is 0.645. The third-order valence-corrected chi connectivity index (χ3v) is 6.61. The van der Waals surface area contributed by atoms with E-state index in [0.29, 0.717) is 0 Å². The van der Waals surface area contributed by atoms with E-state index in [1.54, 1.807) is 0 Å². The van der Waals surface area contributed by atoms with Gasteiger partial charge in [-0.2, -0.15) is 0 Å². The number of hydrogen-bond acceptors (Lipinski definition) is 2. The second-order valence-corrected chi connectivity index (χ2v) is 8.23. The van der Waals surface area contributed by atoms with Gasteiger partial charge in [-0.25, -0.2) is 0 Å². The minimum atomic E-state index is -0.271. The number of carbonyl (C=O) groups is 1. The predicted octanol–water partition coefficient (Wildman–Crippen LogP) is 4.86. The zero-order valence-corrected chi connectivity index (χ0v) is 16.4. The summed E-state index contributed by atoms with van der Waals surface area (Å²) in [6, 6.07) is 32.0. The second kappa shape index (κ2) is 7.46. The Morgan fingerprint density at radius 2 is 1.31 bits per heavy atom. The van der Waals surface area contributed by atoms with Gasteiger partial charge in [0, 0.05) is 36.9 Å². The van der Waals surface area contributed by atoms with Gasteiger partial charge in [0.1, 0.15) is 0 Å². The number of allylic oxidation sites excluding steroid dienone is 2. The van der Waals surface area contributed by atoms with Gasteiger partial charge in [-0.05, 0) is 22.8 Å². The summed E-state index contributed by atoms with van der Waals surface area (Å²) in [5, 5.41) is 0. The number of rotatable bonds is 4. The normalized spacial score (nSPS) is 23.1. The number of hydrogen-bond donors (Lipinski definition) is 0. The summed E-state index contributed by atoms with van der Waals surface area (Å²) in [6.07, 6.45) is 4.01. The first-order chi connectivity index (χ1) is 14.3. The molecule has 1 heterocycles. The van der Waals surface area contributed by atoms with E-state index in [4.69, 9.17) is 0 Å². The SMILES string of the molecule is O=C1C=CC(c2ccccc2)(c2ccccc2)C2CN(Cc3ccccc3)CC12. The van der Waals surface area contributed by atoms with Crippen LogP contribution in [0.5, 0.6) is 0 Å². The highest BCUT2D eigenvalue weighted by atomic mass is 16.1. The summed E-state index contributed by atoms with van der Waals surface area (Å²) < 4.78 is 0. The summed E-state index contributed by atoms with van der Waals surface area (Å²) in [5.41, 5.74) is 3.57. The van der Waals surface area contributed by atoms with Gasteiger partial charge in [0.15, 0.2) is 5.78 Å². The maximum atomic E-state index is 12.9. The van der Waals surface area contributed by atoms with E-state index in [-0.39, 0.29) is 23.0 Å². The van der Waals surface area contributed by atoms with E-state index < -0.39 is 0 Å². The molecule has 2 heteroatoms. The molecule has 0 aromatic heterocycles. The summed E-state index contributed by atoms with van der Waals surface area (Å²) in [5.74, 6) is 0.533. The Morgan fingerprint density at radius 1 is 0.759 bits per heavy atom. The predicted molar refractivity (Wildman–Crippen MR) is 117 cm³/mol. The van der Waals surface area contributed by atoms with Gasteiger partial charge >= 0.3 is 0 Å². The highest BCUT2D eigenvalue weighted by molar-refractivity contribution is 5.94. The molecule has 0 radical (unpaired) electrons. The molecule has 0 spiro atoms. The first-order valence-corrected chi connectivity index (χ1v) is 10.4. The molecule has 5 rings (SSSR count). The molecule has 2 atom stereocenters. The van der Waals surface area contributed by atoms with Crippen LogP contribution in [0.2, 0.25) is 0 Å².